The van der Waals surface area contributed by atoms with Gasteiger partial charge in [-0.3, -0.25) is 4.79 Å². The molecule has 1 aromatic carbocycles. The molecule has 0 aliphatic carbocycles. The number of carbonyl (C=O) groups is 1. The molecule has 1 aromatic rings. The Kier molecular flexibility index (Phi) is 6.85. The number of anilines is 1. The van der Waals surface area contributed by atoms with Crippen molar-refractivity contribution in [1.29, 1.82) is 0 Å². The third-order valence-electron chi connectivity index (χ3n) is 3.96. The number of nitrogens with two attached hydrogens (primary N) is 1. The van der Waals surface area contributed by atoms with Crippen LogP contribution in [0.3, 0.4) is 0 Å². The minimum Gasteiger partial charge on any atom is -0.399 e. The molecule has 2 rings (SSSR count). The van der Waals surface area contributed by atoms with Crippen molar-refractivity contribution in [1.82, 2.24) is 9.62 Å². The van der Waals surface area contributed by atoms with E-state index in [1.807, 2.05) is 13.0 Å². The molecule has 8 heteroatoms. The molecule has 1 fully saturated rings. The molecule has 0 bridgehead atoms. The number of amides is 1. The van der Waals surface area contributed by atoms with Gasteiger partial charge in [0.05, 0.1) is 6.26 Å². The Hall–Kier alpha value is -1.31. The number of rotatable bonds is 4. The van der Waals surface area contributed by atoms with Crippen LogP contribution in [0, 0.1) is 6.92 Å². The van der Waals surface area contributed by atoms with Crippen LogP contribution in [0.15, 0.2) is 18.2 Å². The van der Waals surface area contributed by atoms with E-state index >= 15 is 0 Å². The molecule has 1 unspecified atom stereocenters. The molecule has 1 saturated heterocycles. The van der Waals surface area contributed by atoms with Crippen molar-refractivity contribution in [3.8, 4) is 0 Å². The van der Waals surface area contributed by atoms with Crippen molar-refractivity contribution in [2.45, 2.75) is 32.2 Å². The average Bonchev–Trinajstić information content (AvgIpc) is 2.46. The van der Waals surface area contributed by atoms with Crippen molar-refractivity contribution in [2.75, 3.05) is 25.1 Å². The number of piperidine rings is 1. The number of benzene rings is 1. The summed E-state index contributed by atoms with van der Waals surface area (Å²) in [6, 6.07) is 5.17. The first-order valence-electron chi connectivity index (χ1n) is 7.39. The highest BCUT2D eigenvalue weighted by molar-refractivity contribution is 7.88. The van der Waals surface area contributed by atoms with Gasteiger partial charge in [-0.05, 0) is 43.9 Å². The van der Waals surface area contributed by atoms with E-state index in [0.717, 1.165) is 31.1 Å². The number of likely N-dealkylation sites (tertiary alicyclic amines) is 1. The van der Waals surface area contributed by atoms with E-state index in [1.165, 1.54) is 0 Å². The summed E-state index contributed by atoms with van der Waals surface area (Å²) in [6.07, 6.45) is 3.86. The van der Waals surface area contributed by atoms with Crippen molar-refractivity contribution >= 4 is 34.0 Å². The summed E-state index contributed by atoms with van der Waals surface area (Å²) in [7, 11) is -3.26. The smallest absolute Gasteiger partial charge is 0.254 e. The van der Waals surface area contributed by atoms with Crippen LogP contribution in [0.4, 0.5) is 5.69 Å². The minimum absolute atomic E-state index is 0. The lowest BCUT2D eigenvalue weighted by atomic mass is 9.99. The van der Waals surface area contributed by atoms with Crippen LogP contribution in [-0.2, 0) is 10.0 Å². The van der Waals surface area contributed by atoms with Gasteiger partial charge in [-0.2, -0.15) is 0 Å². The van der Waals surface area contributed by atoms with Gasteiger partial charge in [0.2, 0.25) is 10.0 Å². The first kappa shape index (κ1) is 19.7. The van der Waals surface area contributed by atoms with Gasteiger partial charge in [0.1, 0.15) is 0 Å². The molecule has 1 aliphatic rings. The minimum atomic E-state index is -3.26. The average molecular weight is 362 g/mol. The maximum Gasteiger partial charge on any atom is 0.254 e. The maximum atomic E-state index is 12.8. The van der Waals surface area contributed by atoms with Gasteiger partial charge < -0.3 is 10.6 Å². The highest BCUT2D eigenvalue weighted by Crippen LogP contribution is 2.22. The van der Waals surface area contributed by atoms with Crippen LogP contribution >= 0.6 is 12.4 Å². The number of nitrogens with one attached hydrogen (secondary N) is 1. The SMILES string of the molecule is Cc1ccc(N)cc1C(=O)N1CCCCC1CNS(C)(=O)=O.Cl. The maximum absolute atomic E-state index is 12.8. The summed E-state index contributed by atoms with van der Waals surface area (Å²) in [5.74, 6) is -0.0789. The number of hydrogen-bond donors (Lipinski definition) is 2. The van der Waals surface area contributed by atoms with E-state index in [0.29, 0.717) is 17.8 Å². The summed E-state index contributed by atoms with van der Waals surface area (Å²) < 4.78 is 25.1. The second-order valence-corrected chi connectivity index (χ2v) is 7.68. The van der Waals surface area contributed by atoms with Gasteiger partial charge in [-0.25, -0.2) is 13.1 Å². The van der Waals surface area contributed by atoms with Crippen LogP contribution in [0.2, 0.25) is 0 Å². The number of nitrogens with zero attached hydrogens (tertiary/aromatic N) is 1. The Labute approximate surface area is 143 Å². The predicted molar refractivity (Wildman–Crippen MR) is 94.4 cm³/mol. The zero-order valence-electron chi connectivity index (χ0n) is 13.4. The monoisotopic (exact) mass is 361 g/mol. The van der Waals surface area contributed by atoms with E-state index in [-0.39, 0.29) is 30.9 Å². The van der Waals surface area contributed by atoms with Crippen LogP contribution in [0.1, 0.15) is 35.2 Å². The molecule has 1 heterocycles. The molecule has 0 aromatic heterocycles. The number of nitrogen functional groups attached to an aromatic ring is 1. The molecule has 130 valence electrons. The summed E-state index contributed by atoms with van der Waals surface area (Å²) in [5.41, 5.74) is 7.80. The highest BCUT2D eigenvalue weighted by Gasteiger charge is 2.28. The normalized spacial score (nSPS) is 18.3. The van der Waals surface area contributed by atoms with E-state index in [1.54, 1.807) is 17.0 Å². The molecular weight excluding hydrogens is 338 g/mol. The summed E-state index contributed by atoms with van der Waals surface area (Å²) in [5, 5.41) is 0. The van der Waals surface area contributed by atoms with E-state index in [2.05, 4.69) is 4.72 Å². The fourth-order valence-electron chi connectivity index (χ4n) is 2.75. The summed E-state index contributed by atoms with van der Waals surface area (Å²) in [4.78, 5) is 14.6. The number of aryl methyl sites for hydroxylation is 1. The van der Waals surface area contributed by atoms with Gasteiger partial charge in [0.15, 0.2) is 0 Å². The second kappa shape index (κ2) is 7.99. The van der Waals surface area contributed by atoms with Crippen molar-refractivity contribution in [2.24, 2.45) is 0 Å². The molecule has 0 saturated carbocycles. The molecule has 0 spiro atoms. The van der Waals surface area contributed by atoms with Gasteiger partial charge >= 0.3 is 0 Å². The van der Waals surface area contributed by atoms with Crippen LogP contribution in [0.25, 0.3) is 0 Å². The standard InChI is InChI=1S/C15H23N3O3S.ClH/c1-11-6-7-12(16)9-14(11)15(19)18-8-4-3-5-13(18)10-17-22(2,20)21;/h6-7,9,13,17H,3-5,8,10,16H2,1-2H3;1H. The molecule has 1 amide bonds. The lowest BCUT2D eigenvalue weighted by Crippen LogP contribution is -2.49. The number of hydrogen-bond acceptors (Lipinski definition) is 4. The third kappa shape index (κ3) is 5.37. The lowest BCUT2D eigenvalue weighted by Gasteiger charge is -2.36. The molecule has 1 aliphatic heterocycles. The summed E-state index contributed by atoms with van der Waals surface area (Å²) in [6.45, 7) is 2.77. The third-order valence-corrected chi connectivity index (χ3v) is 4.65. The van der Waals surface area contributed by atoms with Gasteiger partial charge in [-0.1, -0.05) is 6.07 Å². The quantitative estimate of drug-likeness (QED) is 0.795. The van der Waals surface area contributed by atoms with Crippen molar-refractivity contribution in [3.63, 3.8) is 0 Å². The van der Waals surface area contributed by atoms with Crippen molar-refractivity contribution < 1.29 is 13.2 Å². The number of sulfonamides is 1. The first-order chi connectivity index (χ1) is 10.3. The number of halogens is 1. The van der Waals surface area contributed by atoms with Crippen LogP contribution in [0.5, 0.6) is 0 Å². The van der Waals surface area contributed by atoms with Crippen LogP contribution < -0.4 is 10.5 Å². The van der Waals surface area contributed by atoms with Gasteiger partial charge in [-0.15, -0.1) is 12.4 Å². The first-order valence-corrected chi connectivity index (χ1v) is 9.29. The zero-order chi connectivity index (χ0) is 16.3. The Morgan fingerprint density at radius 2 is 2.09 bits per heavy atom. The molecule has 23 heavy (non-hydrogen) atoms. The van der Waals surface area contributed by atoms with Gasteiger partial charge in [0.25, 0.3) is 5.91 Å². The zero-order valence-corrected chi connectivity index (χ0v) is 15.0. The topological polar surface area (TPSA) is 92.5 Å². The van der Waals surface area contributed by atoms with Crippen LogP contribution in [-0.4, -0.2) is 44.6 Å². The Bertz CT molecular complexity index is 664. The van der Waals surface area contributed by atoms with E-state index in [9.17, 15) is 13.2 Å². The molecular formula is C15H24ClN3O3S. The van der Waals surface area contributed by atoms with E-state index < -0.39 is 10.0 Å². The second-order valence-electron chi connectivity index (χ2n) is 5.84. The lowest BCUT2D eigenvalue weighted by molar-refractivity contribution is 0.0618. The largest absolute Gasteiger partial charge is 0.399 e. The molecule has 6 nitrogen and oxygen atoms in total. The predicted octanol–water partition coefficient (Wildman–Crippen LogP) is 1.54. The van der Waals surface area contributed by atoms with E-state index in [4.69, 9.17) is 5.73 Å². The molecule has 3 N–H and O–H groups in total. The molecule has 1 atom stereocenters. The Morgan fingerprint density at radius 1 is 1.39 bits per heavy atom. The van der Waals surface area contributed by atoms with Gasteiger partial charge in [0, 0.05) is 30.4 Å². The number of carbonyl (C=O) groups excluding carboxylic acids is 1. The fourth-order valence-corrected chi connectivity index (χ4v) is 3.25. The van der Waals surface area contributed by atoms with Crippen molar-refractivity contribution in [3.05, 3.63) is 29.3 Å². The Balaban J connectivity index is 0.00000264. The fraction of sp³-hybridized carbons (Fsp3) is 0.533. The Morgan fingerprint density at radius 3 is 2.74 bits per heavy atom. The highest BCUT2D eigenvalue weighted by atomic mass is 35.5. The molecule has 0 radical (unpaired) electrons. The summed E-state index contributed by atoms with van der Waals surface area (Å²) >= 11 is 0.